The van der Waals surface area contributed by atoms with Gasteiger partial charge in [-0.3, -0.25) is 4.79 Å². The molecule has 0 aromatic heterocycles. The number of aliphatic hydroxyl groups is 1. The zero-order valence-electron chi connectivity index (χ0n) is 12.9. The Bertz CT molecular complexity index is 754. The lowest BCUT2D eigenvalue weighted by Gasteiger charge is -2.29. The molecule has 3 rings (SSSR count). The van der Waals surface area contributed by atoms with Crippen LogP contribution in [-0.4, -0.2) is 36.2 Å². The molecule has 6 heteroatoms. The van der Waals surface area contributed by atoms with E-state index in [0.717, 1.165) is 12.1 Å². The van der Waals surface area contributed by atoms with Gasteiger partial charge in [-0.2, -0.15) is 0 Å². The van der Waals surface area contributed by atoms with Gasteiger partial charge in [0.2, 0.25) is 0 Å². The highest BCUT2D eigenvalue weighted by atomic mass is 35.5. The number of carbonyl (C=O) groups excluding carboxylic acids is 1. The van der Waals surface area contributed by atoms with Gasteiger partial charge in [0.05, 0.1) is 17.2 Å². The monoisotopic (exact) mass is 348 g/mol. The largest absolute Gasteiger partial charge is 0.390 e. The minimum atomic E-state index is -0.600. The number of nitrogens with one attached hydrogen (secondary N) is 2. The van der Waals surface area contributed by atoms with Crippen molar-refractivity contribution >= 4 is 17.5 Å². The molecule has 1 aliphatic heterocycles. The van der Waals surface area contributed by atoms with E-state index >= 15 is 0 Å². The Morgan fingerprint density at radius 3 is 2.88 bits per heavy atom. The number of carbonyl (C=O) groups is 1. The first-order valence-corrected chi connectivity index (χ1v) is 8.17. The van der Waals surface area contributed by atoms with E-state index in [2.05, 4.69) is 10.6 Å². The maximum absolute atomic E-state index is 13.2. The summed E-state index contributed by atoms with van der Waals surface area (Å²) < 4.78 is 13.2. The van der Waals surface area contributed by atoms with Crippen molar-refractivity contribution in [3.05, 3.63) is 58.9 Å². The van der Waals surface area contributed by atoms with Gasteiger partial charge in [0.15, 0.2) is 0 Å². The molecule has 0 aliphatic carbocycles. The number of benzene rings is 2. The fourth-order valence-corrected chi connectivity index (χ4v) is 3.09. The van der Waals surface area contributed by atoms with Crippen molar-refractivity contribution in [3.63, 3.8) is 0 Å². The van der Waals surface area contributed by atoms with Crippen molar-refractivity contribution in [2.75, 3.05) is 13.1 Å². The molecule has 24 heavy (non-hydrogen) atoms. The molecule has 4 nitrogen and oxygen atoms in total. The summed E-state index contributed by atoms with van der Waals surface area (Å²) in [5, 5.41) is 16.2. The number of aliphatic hydroxyl groups excluding tert-OH is 1. The van der Waals surface area contributed by atoms with Crippen LogP contribution >= 0.6 is 11.6 Å². The van der Waals surface area contributed by atoms with Crippen LogP contribution < -0.4 is 10.6 Å². The molecule has 3 N–H and O–H groups in total. The summed E-state index contributed by atoms with van der Waals surface area (Å²) in [6.07, 6.45) is 0.0774. The Hall–Kier alpha value is -1.95. The lowest BCUT2D eigenvalue weighted by Crippen LogP contribution is -2.52. The molecule has 2 aromatic rings. The van der Waals surface area contributed by atoms with Crippen LogP contribution in [0.4, 0.5) is 4.39 Å². The second-order valence-electron chi connectivity index (χ2n) is 5.85. The Kier molecular flexibility index (Phi) is 5.14. The number of hydrogen-bond donors (Lipinski definition) is 3. The van der Waals surface area contributed by atoms with E-state index in [1.54, 1.807) is 24.3 Å². The summed E-state index contributed by atoms with van der Waals surface area (Å²) in [7, 11) is 0. The normalized spacial score (nSPS) is 20.6. The van der Waals surface area contributed by atoms with Crippen molar-refractivity contribution in [2.45, 2.75) is 18.6 Å². The molecule has 0 saturated carbocycles. The average Bonchev–Trinajstić information content (AvgIpc) is 2.57. The molecular formula is C18H18ClFN2O2. The molecular weight excluding hydrogens is 331 g/mol. The first-order valence-electron chi connectivity index (χ1n) is 7.80. The number of halogens is 2. The average molecular weight is 349 g/mol. The maximum Gasteiger partial charge on any atom is 0.251 e. The van der Waals surface area contributed by atoms with E-state index in [0.29, 0.717) is 29.1 Å². The summed E-state index contributed by atoms with van der Waals surface area (Å²) in [5.41, 5.74) is 1.87. The predicted molar refractivity (Wildman–Crippen MR) is 91.6 cm³/mol. The fraction of sp³-hybridized carbons (Fsp3) is 0.278. The van der Waals surface area contributed by atoms with Gasteiger partial charge < -0.3 is 15.7 Å². The molecule has 1 saturated heterocycles. The highest BCUT2D eigenvalue weighted by Crippen LogP contribution is 2.29. The minimum Gasteiger partial charge on any atom is -0.390 e. The van der Waals surface area contributed by atoms with E-state index in [1.165, 1.54) is 12.1 Å². The number of piperidine rings is 1. The molecule has 126 valence electrons. The second-order valence-corrected chi connectivity index (χ2v) is 6.25. The van der Waals surface area contributed by atoms with Gasteiger partial charge in [-0.1, -0.05) is 23.7 Å². The van der Waals surface area contributed by atoms with Gasteiger partial charge in [-0.15, -0.1) is 0 Å². The Morgan fingerprint density at radius 2 is 2.12 bits per heavy atom. The summed E-state index contributed by atoms with van der Waals surface area (Å²) >= 11 is 6.09. The second kappa shape index (κ2) is 7.30. The zero-order chi connectivity index (χ0) is 17.1. The fourth-order valence-electron chi connectivity index (χ4n) is 2.81. The molecule has 1 fully saturated rings. The van der Waals surface area contributed by atoms with Gasteiger partial charge in [0.1, 0.15) is 5.82 Å². The quantitative estimate of drug-likeness (QED) is 0.799. The van der Waals surface area contributed by atoms with Crippen molar-refractivity contribution in [1.82, 2.24) is 10.6 Å². The van der Waals surface area contributed by atoms with Crippen LogP contribution in [0.25, 0.3) is 11.1 Å². The van der Waals surface area contributed by atoms with Crippen LogP contribution in [0.5, 0.6) is 0 Å². The third kappa shape index (κ3) is 3.75. The predicted octanol–water partition coefficient (Wildman–Crippen LogP) is 2.60. The maximum atomic E-state index is 13.2. The van der Waals surface area contributed by atoms with Gasteiger partial charge in [0, 0.05) is 17.7 Å². The van der Waals surface area contributed by atoms with E-state index in [-0.39, 0.29) is 11.9 Å². The summed E-state index contributed by atoms with van der Waals surface area (Å²) in [4.78, 5) is 12.4. The molecule has 0 spiro atoms. The van der Waals surface area contributed by atoms with Crippen molar-refractivity contribution < 1.29 is 14.3 Å². The van der Waals surface area contributed by atoms with Crippen LogP contribution in [0.2, 0.25) is 5.02 Å². The van der Waals surface area contributed by atoms with Gasteiger partial charge >= 0.3 is 0 Å². The van der Waals surface area contributed by atoms with Gasteiger partial charge in [-0.25, -0.2) is 4.39 Å². The molecule has 1 amide bonds. The smallest absolute Gasteiger partial charge is 0.251 e. The number of amides is 1. The highest BCUT2D eigenvalue weighted by molar-refractivity contribution is 6.33. The third-order valence-electron chi connectivity index (χ3n) is 4.13. The summed E-state index contributed by atoms with van der Waals surface area (Å²) in [5.74, 6) is -0.654. The SMILES string of the molecule is O=C(N[C@@H]1CCNC[C@H]1O)c1cccc(-c2ccc(F)cc2Cl)c1. The Balaban J connectivity index is 1.80. The van der Waals surface area contributed by atoms with E-state index in [9.17, 15) is 14.3 Å². The van der Waals surface area contributed by atoms with Crippen molar-refractivity contribution in [2.24, 2.45) is 0 Å². The molecule has 0 radical (unpaired) electrons. The van der Waals surface area contributed by atoms with Gasteiger partial charge in [-0.05, 0) is 48.9 Å². The lowest BCUT2D eigenvalue weighted by atomic mass is 10.0. The zero-order valence-corrected chi connectivity index (χ0v) is 13.7. The molecule has 1 heterocycles. The van der Waals surface area contributed by atoms with Crippen LogP contribution in [0.3, 0.4) is 0 Å². The molecule has 2 aromatic carbocycles. The van der Waals surface area contributed by atoms with E-state index < -0.39 is 11.9 Å². The minimum absolute atomic E-state index is 0.249. The van der Waals surface area contributed by atoms with Crippen molar-refractivity contribution in [1.29, 1.82) is 0 Å². The van der Waals surface area contributed by atoms with E-state index in [4.69, 9.17) is 11.6 Å². The molecule has 0 bridgehead atoms. The van der Waals surface area contributed by atoms with E-state index in [1.807, 2.05) is 6.07 Å². The number of rotatable bonds is 3. The van der Waals surface area contributed by atoms with Crippen LogP contribution in [0.1, 0.15) is 16.8 Å². The van der Waals surface area contributed by atoms with Crippen molar-refractivity contribution in [3.8, 4) is 11.1 Å². The summed E-state index contributed by atoms with van der Waals surface area (Å²) in [6, 6.07) is 10.9. The highest BCUT2D eigenvalue weighted by Gasteiger charge is 2.24. The van der Waals surface area contributed by atoms with Crippen LogP contribution in [0, 0.1) is 5.82 Å². The molecule has 2 atom stereocenters. The Morgan fingerprint density at radius 1 is 1.29 bits per heavy atom. The number of β-amino-alcohol motifs (C(OH)–C–C–N with tert-alkyl or cyclic N) is 1. The van der Waals surface area contributed by atoms with Crippen LogP contribution in [0.15, 0.2) is 42.5 Å². The standard InChI is InChI=1S/C18H18ClFN2O2/c19-15-9-13(20)4-5-14(15)11-2-1-3-12(8-11)18(24)22-16-6-7-21-10-17(16)23/h1-5,8-9,16-17,21,23H,6-7,10H2,(H,22,24)/t16-,17-/m1/s1. The Labute approximate surface area is 144 Å². The van der Waals surface area contributed by atoms with Crippen LogP contribution in [-0.2, 0) is 0 Å². The molecule has 0 unspecified atom stereocenters. The topological polar surface area (TPSA) is 61.4 Å². The first kappa shape index (κ1) is 16.9. The molecule has 1 aliphatic rings. The van der Waals surface area contributed by atoms with Gasteiger partial charge in [0.25, 0.3) is 5.91 Å². The lowest BCUT2D eigenvalue weighted by molar-refractivity contribution is 0.0765. The third-order valence-corrected chi connectivity index (χ3v) is 4.45. The first-order chi connectivity index (χ1) is 11.5. The number of hydrogen-bond acceptors (Lipinski definition) is 3. The summed E-state index contributed by atoms with van der Waals surface area (Å²) in [6.45, 7) is 1.23.